The summed E-state index contributed by atoms with van der Waals surface area (Å²) in [7, 11) is 1.91. The highest BCUT2D eigenvalue weighted by atomic mass is 19.4. The van der Waals surface area contributed by atoms with E-state index in [0.29, 0.717) is 5.92 Å². The van der Waals surface area contributed by atoms with Crippen molar-refractivity contribution in [3.8, 4) is 0 Å². The van der Waals surface area contributed by atoms with Crippen LogP contribution in [0.25, 0.3) is 0 Å². The second kappa shape index (κ2) is 6.94. The fourth-order valence-corrected chi connectivity index (χ4v) is 2.27. The quantitative estimate of drug-likeness (QED) is 0.807. The predicted molar refractivity (Wildman–Crippen MR) is 72.2 cm³/mol. The van der Waals surface area contributed by atoms with Crippen LogP contribution in [0.4, 0.5) is 13.2 Å². The molecule has 1 rings (SSSR count). The van der Waals surface area contributed by atoms with E-state index in [0.717, 1.165) is 31.0 Å². The summed E-state index contributed by atoms with van der Waals surface area (Å²) in [5, 5.41) is 3.09. The van der Waals surface area contributed by atoms with Gasteiger partial charge < -0.3 is 5.32 Å². The maximum Gasteiger partial charge on any atom is 0.416 e. The molecule has 0 heterocycles. The van der Waals surface area contributed by atoms with E-state index in [4.69, 9.17) is 0 Å². The summed E-state index contributed by atoms with van der Waals surface area (Å²) in [4.78, 5) is 0. The van der Waals surface area contributed by atoms with Crippen LogP contribution in [0.5, 0.6) is 0 Å². The predicted octanol–water partition coefficient (Wildman–Crippen LogP) is 4.44. The molecule has 4 heteroatoms. The van der Waals surface area contributed by atoms with E-state index in [1.807, 2.05) is 14.0 Å². The molecule has 0 aliphatic carbocycles. The lowest BCUT2D eigenvalue weighted by molar-refractivity contribution is -0.137. The Bertz CT molecular complexity index is 387. The van der Waals surface area contributed by atoms with Crippen molar-refractivity contribution in [2.75, 3.05) is 13.6 Å². The first-order chi connectivity index (χ1) is 8.84. The summed E-state index contributed by atoms with van der Waals surface area (Å²) in [5.74, 6) is 0.645. The van der Waals surface area contributed by atoms with Gasteiger partial charge in [-0.2, -0.15) is 13.2 Å². The van der Waals surface area contributed by atoms with Gasteiger partial charge in [-0.3, -0.25) is 0 Å². The van der Waals surface area contributed by atoms with Gasteiger partial charge in [0.05, 0.1) is 5.56 Å². The molecule has 19 heavy (non-hydrogen) atoms. The summed E-state index contributed by atoms with van der Waals surface area (Å²) >= 11 is 0. The first kappa shape index (κ1) is 16.0. The zero-order chi connectivity index (χ0) is 14.5. The van der Waals surface area contributed by atoms with E-state index in [9.17, 15) is 13.2 Å². The molecule has 108 valence electrons. The number of benzene rings is 1. The smallest absolute Gasteiger partial charge is 0.320 e. The fourth-order valence-electron chi connectivity index (χ4n) is 2.27. The molecule has 0 aliphatic rings. The Morgan fingerprint density at radius 2 is 1.89 bits per heavy atom. The van der Waals surface area contributed by atoms with Gasteiger partial charge in [-0.15, -0.1) is 0 Å². The van der Waals surface area contributed by atoms with Gasteiger partial charge in [-0.1, -0.05) is 32.0 Å². The van der Waals surface area contributed by atoms with Crippen LogP contribution in [-0.2, 0) is 6.18 Å². The van der Waals surface area contributed by atoms with Crippen molar-refractivity contribution in [3.63, 3.8) is 0 Å². The molecule has 0 radical (unpaired) electrons. The van der Waals surface area contributed by atoms with Gasteiger partial charge in [0, 0.05) is 0 Å². The average molecular weight is 273 g/mol. The summed E-state index contributed by atoms with van der Waals surface area (Å²) in [6, 6.07) is 5.67. The summed E-state index contributed by atoms with van der Waals surface area (Å²) in [6.07, 6.45) is -2.31. The number of hydrogen-bond donors (Lipinski definition) is 1. The highest BCUT2D eigenvalue weighted by Gasteiger charge is 2.30. The van der Waals surface area contributed by atoms with Crippen molar-refractivity contribution in [1.82, 2.24) is 5.32 Å². The normalized spacial score (nSPS) is 15.3. The molecular formula is C15H22F3N. The number of alkyl halides is 3. The fraction of sp³-hybridized carbons (Fsp3) is 0.600. The molecule has 0 saturated heterocycles. The Labute approximate surface area is 113 Å². The third-order valence-electron chi connectivity index (χ3n) is 3.43. The van der Waals surface area contributed by atoms with Crippen LogP contribution in [0.2, 0.25) is 0 Å². The van der Waals surface area contributed by atoms with Crippen molar-refractivity contribution >= 4 is 0 Å². The highest BCUT2D eigenvalue weighted by molar-refractivity contribution is 5.28. The molecule has 1 aromatic carbocycles. The molecule has 1 aromatic rings. The third-order valence-corrected chi connectivity index (χ3v) is 3.43. The second-order valence-corrected chi connectivity index (χ2v) is 5.26. The third kappa shape index (κ3) is 5.23. The van der Waals surface area contributed by atoms with Crippen molar-refractivity contribution in [3.05, 3.63) is 35.4 Å². The minimum absolute atomic E-state index is 0.147. The first-order valence-corrected chi connectivity index (χ1v) is 6.66. The highest BCUT2D eigenvalue weighted by Crippen LogP contribution is 2.32. The molecule has 0 bridgehead atoms. The SMILES string of the molecule is CNCCC(C)CC(C)c1cccc(C(F)(F)F)c1. The van der Waals surface area contributed by atoms with Crippen molar-refractivity contribution in [1.29, 1.82) is 0 Å². The van der Waals surface area contributed by atoms with E-state index < -0.39 is 11.7 Å². The Morgan fingerprint density at radius 3 is 2.47 bits per heavy atom. The lowest BCUT2D eigenvalue weighted by Crippen LogP contribution is -2.13. The van der Waals surface area contributed by atoms with Gasteiger partial charge in [0.1, 0.15) is 0 Å². The van der Waals surface area contributed by atoms with Gasteiger partial charge >= 0.3 is 6.18 Å². The number of rotatable bonds is 6. The lowest BCUT2D eigenvalue weighted by Gasteiger charge is -2.18. The van der Waals surface area contributed by atoms with Gasteiger partial charge in [0.25, 0.3) is 0 Å². The van der Waals surface area contributed by atoms with Crippen molar-refractivity contribution in [2.45, 2.75) is 38.8 Å². The van der Waals surface area contributed by atoms with E-state index >= 15 is 0 Å². The van der Waals surface area contributed by atoms with Gasteiger partial charge in [-0.25, -0.2) is 0 Å². The summed E-state index contributed by atoms with van der Waals surface area (Å²) < 4.78 is 38.0. The molecule has 0 amide bonds. The summed E-state index contributed by atoms with van der Waals surface area (Å²) in [5.41, 5.74) is 0.214. The first-order valence-electron chi connectivity index (χ1n) is 6.66. The lowest BCUT2D eigenvalue weighted by atomic mass is 9.89. The average Bonchev–Trinajstić information content (AvgIpc) is 2.35. The van der Waals surface area contributed by atoms with E-state index in [1.54, 1.807) is 6.07 Å². The Morgan fingerprint density at radius 1 is 1.21 bits per heavy atom. The molecular weight excluding hydrogens is 251 g/mol. The zero-order valence-electron chi connectivity index (χ0n) is 11.7. The van der Waals surface area contributed by atoms with Gasteiger partial charge in [0.2, 0.25) is 0 Å². The molecule has 0 spiro atoms. The van der Waals surface area contributed by atoms with Gasteiger partial charge in [-0.05, 0) is 49.9 Å². The zero-order valence-corrected chi connectivity index (χ0v) is 11.7. The molecule has 1 N–H and O–H groups in total. The van der Waals surface area contributed by atoms with Crippen LogP contribution in [0.1, 0.15) is 43.7 Å². The largest absolute Gasteiger partial charge is 0.416 e. The van der Waals surface area contributed by atoms with Crippen LogP contribution in [0.15, 0.2) is 24.3 Å². The van der Waals surface area contributed by atoms with Gasteiger partial charge in [0.15, 0.2) is 0 Å². The number of hydrogen-bond acceptors (Lipinski definition) is 1. The molecule has 0 fully saturated rings. The standard InChI is InChI=1S/C15H22F3N/c1-11(7-8-19-3)9-12(2)13-5-4-6-14(10-13)15(16,17)18/h4-6,10-12,19H,7-9H2,1-3H3. The van der Waals surface area contributed by atoms with Crippen molar-refractivity contribution in [2.24, 2.45) is 5.92 Å². The van der Waals surface area contributed by atoms with E-state index in [1.165, 1.54) is 12.1 Å². The maximum absolute atomic E-state index is 12.7. The monoisotopic (exact) mass is 273 g/mol. The summed E-state index contributed by atoms with van der Waals surface area (Å²) in [6.45, 7) is 5.07. The molecule has 2 atom stereocenters. The maximum atomic E-state index is 12.7. The molecule has 0 aliphatic heterocycles. The minimum Gasteiger partial charge on any atom is -0.320 e. The van der Waals surface area contributed by atoms with Crippen LogP contribution < -0.4 is 5.32 Å². The Balaban J connectivity index is 2.69. The van der Waals surface area contributed by atoms with Crippen LogP contribution in [0, 0.1) is 5.92 Å². The van der Waals surface area contributed by atoms with Crippen LogP contribution in [-0.4, -0.2) is 13.6 Å². The molecule has 1 nitrogen and oxygen atoms in total. The van der Waals surface area contributed by atoms with Crippen molar-refractivity contribution < 1.29 is 13.2 Å². The number of halogens is 3. The van der Waals surface area contributed by atoms with Crippen LogP contribution in [0.3, 0.4) is 0 Å². The Kier molecular flexibility index (Phi) is 5.85. The van der Waals surface area contributed by atoms with E-state index in [-0.39, 0.29) is 5.92 Å². The molecule has 0 saturated carbocycles. The Hall–Kier alpha value is -1.03. The molecule has 2 unspecified atom stereocenters. The molecule has 0 aromatic heterocycles. The van der Waals surface area contributed by atoms with Crippen LogP contribution >= 0.6 is 0 Å². The minimum atomic E-state index is -4.26. The number of nitrogens with one attached hydrogen (secondary N) is 1. The second-order valence-electron chi connectivity index (χ2n) is 5.26. The van der Waals surface area contributed by atoms with E-state index in [2.05, 4.69) is 12.2 Å². The topological polar surface area (TPSA) is 12.0 Å².